The molecule has 1 atom stereocenters. The molecule has 1 aliphatic rings. The summed E-state index contributed by atoms with van der Waals surface area (Å²) < 4.78 is 0. The molecule has 0 spiro atoms. The van der Waals surface area contributed by atoms with E-state index in [4.69, 9.17) is 0 Å². The van der Waals surface area contributed by atoms with Crippen molar-refractivity contribution in [3.05, 3.63) is 64.7 Å². The Balaban J connectivity index is 1.89. The van der Waals surface area contributed by atoms with E-state index in [1.165, 1.54) is 0 Å². The number of fused-ring (bicyclic) bond motifs is 1. The minimum absolute atomic E-state index is 0.252. The minimum Gasteiger partial charge on any atom is -0.375 e. The number of rotatable bonds is 4. The number of benzene rings is 2. The van der Waals surface area contributed by atoms with E-state index in [0.717, 1.165) is 11.1 Å². The fourth-order valence-electron chi connectivity index (χ4n) is 3.02. The maximum absolute atomic E-state index is 12.6. The van der Waals surface area contributed by atoms with Crippen LogP contribution in [0.15, 0.2) is 42.5 Å². The Morgan fingerprint density at radius 3 is 2.46 bits per heavy atom. The van der Waals surface area contributed by atoms with Gasteiger partial charge < -0.3 is 10.4 Å². The van der Waals surface area contributed by atoms with Gasteiger partial charge in [0.05, 0.1) is 6.42 Å². The Bertz CT molecular complexity index is 808. The lowest BCUT2D eigenvalue weighted by molar-refractivity contribution is -0.133. The van der Waals surface area contributed by atoms with Crippen LogP contribution >= 0.6 is 0 Å². The van der Waals surface area contributed by atoms with Crippen LogP contribution in [-0.4, -0.2) is 16.8 Å². The van der Waals surface area contributed by atoms with Crippen molar-refractivity contribution in [2.24, 2.45) is 0 Å². The first-order valence-electron chi connectivity index (χ1n) is 8.09. The van der Waals surface area contributed by atoms with Crippen molar-refractivity contribution in [3.8, 4) is 0 Å². The zero-order valence-electron chi connectivity index (χ0n) is 14.1. The number of nitrogens with one attached hydrogen (secondary N) is 1. The van der Waals surface area contributed by atoms with Crippen LogP contribution in [0.4, 0.5) is 5.69 Å². The topological polar surface area (TPSA) is 66.4 Å². The Hall–Kier alpha value is -2.46. The highest BCUT2D eigenvalue weighted by Crippen LogP contribution is 2.39. The third-order valence-electron chi connectivity index (χ3n) is 4.56. The van der Waals surface area contributed by atoms with E-state index >= 15 is 0 Å². The molecule has 2 aromatic carbocycles. The summed E-state index contributed by atoms with van der Waals surface area (Å²) in [4.78, 5) is 24.8. The van der Waals surface area contributed by atoms with E-state index in [-0.39, 0.29) is 12.2 Å². The molecule has 0 aliphatic carbocycles. The molecule has 2 aromatic rings. The first-order chi connectivity index (χ1) is 11.3. The van der Waals surface area contributed by atoms with E-state index in [2.05, 4.69) is 19.2 Å². The molecule has 124 valence electrons. The van der Waals surface area contributed by atoms with Gasteiger partial charge in [-0.1, -0.05) is 55.8 Å². The minimum atomic E-state index is -1.81. The third-order valence-corrected chi connectivity index (χ3v) is 4.56. The number of ketones is 1. The molecule has 24 heavy (non-hydrogen) atoms. The highest BCUT2D eigenvalue weighted by Gasteiger charge is 2.46. The molecule has 0 aromatic heterocycles. The number of Topliss-reactive ketones (excluding diaryl/α,β-unsaturated/α-hetero) is 1. The van der Waals surface area contributed by atoms with Crippen LogP contribution in [-0.2, 0) is 10.4 Å². The number of aryl methyl sites for hydroxylation is 1. The van der Waals surface area contributed by atoms with Gasteiger partial charge >= 0.3 is 0 Å². The monoisotopic (exact) mass is 323 g/mol. The summed E-state index contributed by atoms with van der Waals surface area (Å²) >= 11 is 0. The van der Waals surface area contributed by atoms with Gasteiger partial charge in [-0.2, -0.15) is 0 Å². The van der Waals surface area contributed by atoms with Gasteiger partial charge in [-0.3, -0.25) is 9.59 Å². The molecule has 0 saturated carbocycles. The molecule has 4 heteroatoms. The quantitative estimate of drug-likeness (QED) is 0.846. The van der Waals surface area contributed by atoms with E-state index in [1.807, 2.05) is 25.1 Å². The Morgan fingerprint density at radius 2 is 1.83 bits per heavy atom. The van der Waals surface area contributed by atoms with Crippen LogP contribution in [0.2, 0.25) is 0 Å². The van der Waals surface area contributed by atoms with E-state index in [0.29, 0.717) is 22.7 Å². The van der Waals surface area contributed by atoms with Crippen LogP contribution < -0.4 is 5.32 Å². The van der Waals surface area contributed by atoms with Crippen molar-refractivity contribution < 1.29 is 14.7 Å². The molecule has 4 nitrogen and oxygen atoms in total. The molecule has 1 heterocycles. The molecule has 0 radical (unpaired) electrons. The largest absolute Gasteiger partial charge is 0.375 e. The smallest absolute Gasteiger partial charge is 0.261 e. The van der Waals surface area contributed by atoms with Gasteiger partial charge in [0, 0.05) is 16.8 Å². The van der Waals surface area contributed by atoms with Crippen LogP contribution in [0, 0.1) is 6.92 Å². The lowest BCUT2D eigenvalue weighted by atomic mass is 9.87. The van der Waals surface area contributed by atoms with Gasteiger partial charge in [-0.25, -0.2) is 0 Å². The summed E-state index contributed by atoms with van der Waals surface area (Å²) in [6.07, 6.45) is -0.268. The lowest BCUT2D eigenvalue weighted by Crippen LogP contribution is -2.36. The van der Waals surface area contributed by atoms with Crippen molar-refractivity contribution in [2.75, 3.05) is 5.32 Å². The summed E-state index contributed by atoms with van der Waals surface area (Å²) in [5.41, 5.74) is 1.80. The highest BCUT2D eigenvalue weighted by molar-refractivity contribution is 6.09. The van der Waals surface area contributed by atoms with Crippen LogP contribution in [0.5, 0.6) is 0 Å². The van der Waals surface area contributed by atoms with Crippen molar-refractivity contribution in [1.29, 1.82) is 0 Å². The molecule has 0 unspecified atom stereocenters. The van der Waals surface area contributed by atoms with Crippen LogP contribution in [0.1, 0.15) is 53.2 Å². The molecule has 3 rings (SSSR count). The van der Waals surface area contributed by atoms with E-state index < -0.39 is 11.5 Å². The summed E-state index contributed by atoms with van der Waals surface area (Å²) in [5, 5.41) is 13.5. The number of hydrogen-bond donors (Lipinski definition) is 2. The van der Waals surface area contributed by atoms with Crippen LogP contribution in [0.25, 0.3) is 0 Å². The van der Waals surface area contributed by atoms with Gasteiger partial charge in [-0.05, 0) is 24.5 Å². The second-order valence-electron chi connectivity index (χ2n) is 6.74. The summed E-state index contributed by atoms with van der Waals surface area (Å²) in [6.45, 7) is 6.05. The molecule has 1 aliphatic heterocycles. The molecular formula is C20H21NO3. The Kier molecular flexibility index (Phi) is 4.01. The first-order valence-corrected chi connectivity index (χ1v) is 8.09. The lowest BCUT2D eigenvalue weighted by Gasteiger charge is -2.20. The fraction of sp³-hybridized carbons (Fsp3) is 0.300. The van der Waals surface area contributed by atoms with Gasteiger partial charge in [0.25, 0.3) is 5.91 Å². The second-order valence-corrected chi connectivity index (χ2v) is 6.74. The second kappa shape index (κ2) is 5.87. The van der Waals surface area contributed by atoms with Crippen molar-refractivity contribution in [1.82, 2.24) is 0 Å². The van der Waals surface area contributed by atoms with Gasteiger partial charge in [0.1, 0.15) is 0 Å². The summed E-state index contributed by atoms with van der Waals surface area (Å²) in [6, 6.07) is 12.7. The SMILES string of the molecule is Cc1ccc2c(c1)[C@](O)(CC(=O)c1ccc(C(C)C)cc1)C(=O)N2. The maximum Gasteiger partial charge on any atom is 0.261 e. The van der Waals surface area contributed by atoms with Crippen molar-refractivity contribution in [3.63, 3.8) is 0 Å². The van der Waals surface area contributed by atoms with Crippen LogP contribution in [0.3, 0.4) is 0 Å². The standard InChI is InChI=1S/C20H21NO3/c1-12(2)14-5-7-15(8-6-14)18(22)11-20(24)16-10-13(3)4-9-17(16)21-19(20)23/h4-10,12,24H,11H2,1-3H3,(H,21,23)/t20-/m1/s1. The molecule has 0 fully saturated rings. The van der Waals surface area contributed by atoms with E-state index in [9.17, 15) is 14.7 Å². The zero-order valence-corrected chi connectivity index (χ0v) is 14.1. The fourth-order valence-corrected chi connectivity index (χ4v) is 3.02. The zero-order chi connectivity index (χ0) is 17.5. The average molecular weight is 323 g/mol. The predicted octanol–water partition coefficient (Wildman–Crippen LogP) is 3.53. The number of carbonyl (C=O) groups excluding carboxylic acids is 2. The number of anilines is 1. The van der Waals surface area contributed by atoms with Gasteiger partial charge in [0.2, 0.25) is 0 Å². The highest BCUT2D eigenvalue weighted by atomic mass is 16.3. The summed E-state index contributed by atoms with van der Waals surface area (Å²) in [5.74, 6) is -0.415. The molecule has 0 bridgehead atoms. The van der Waals surface area contributed by atoms with Crippen molar-refractivity contribution >= 4 is 17.4 Å². The third kappa shape index (κ3) is 2.74. The van der Waals surface area contributed by atoms with Crippen molar-refractivity contribution in [2.45, 2.75) is 38.7 Å². The number of hydrogen-bond acceptors (Lipinski definition) is 3. The van der Waals surface area contributed by atoms with Gasteiger partial charge in [-0.15, -0.1) is 0 Å². The predicted molar refractivity (Wildman–Crippen MR) is 93.2 cm³/mol. The molecular weight excluding hydrogens is 302 g/mol. The number of aliphatic hydroxyl groups is 1. The normalized spacial score (nSPS) is 19.3. The Labute approximate surface area is 141 Å². The average Bonchev–Trinajstić information content (AvgIpc) is 2.78. The first kappa shape index (κ1) is 16.4. The molecule has 2 N–H and O–H groups in total. The van der Waals surface area contributed by atoms with Gasteiger partial charge in [0.15, 0.2) is 11.4 Å². The van der Waals surface area contributed by atoms with E-state index in [1.54, 1.807) is 24.3 Å². The summed E-state index contributed by atoms with van der Waals surface area (Å²) in [7, 11) is 0. The molecule has 0 saturated heterocycles. The maximum atomic E-state index is 12.6. The Morgan fingerprint density at radius 1 is 1.17 bits per heavy atom. The molecule has 1 amide bonds. The number of carbonyl (C=O) groups is 2. The number of amides is 1.